The summed E-state index contributed by atoms with van der Waals surface area (Å²) in [6, 6.07) is 0.400. The molecule has 90 valence electrons. The van der Waals surface area contributed by atoms with E-state index in [1.165, 1.54) is 19.3 Å². The van der Waals surface area contributed by atoms with Crippen molar-refractivity contribution in [2.24, 2.45) is 23.5 Å². The summed E-state index contributed by atoms with van der Waals surface area (Å²) in [7, 11) is 0. The van der Waals surface area contributed by atoms with E-state index in [2.05, 4.69) is 4.90 Å². The van der Waals surface area contributed by atoms with Crippen molar-refractivity contribution in [1.82, 2.24) is 4.90 Å². The number of likely N-dealkylation sites (tertiary alicyclic amines) is 1. The van der Waals surface area contributed by atoms with Crippen LogP contribution in [0.4, 0.5) is 0 Å². The number of carbonyl (C=O) groups is 1. The van der Waals surface area contributed by atoms with Crippen LogP contribution in [0.5, 0.6) is 0 Å². The van der Waals surface area contributed by atoms with Gasteiger partial charge in [-0.25, -0.2) is 0 Å². The summed E-state index contributed by atoms with van der Waals surface area (Å²) in [6.07, 6.45) is 7.13. The van der Waals surface area contributed by atoms with Gasteiger partial charge < -0.3 is 10.6 Å². The highest BCUT2D eigenvalue weighted by Crippen LogP contribution is 2.38. The van der Waals surface area contributed by atoms with Crippen LogP contribution in [0.15, 0.2) is 0 Å². The summed E-state index contributed by atoms with van der Waals surface area (Å²) in [4.78, 5) is 14.1. The molecule has 1 saturated heterocycles. The van der Waals surface area contributed by atoms with Crippen molar-refractivity contribution < 1.29 is 4.79 Å². The lowest BCUT2D eigenvalue weighted by atomic mass is 9.72. The molecule has 3 rings (SSSR count). The van der Waals surface area contributed by atoms with E-state index in [0.717, 1.165) is 32.4 Å². The van der Waals surface area contributed by atoms with E-state index in [1.54, 1.807) is 0 Å². The quantitative estimate of drug-likeness (QED) is 0.728. The number of piperidine rings is 1. The number of amides is 1. The number of rotatable bonds is 1. The van der Waals surface area contributed by atoms with Gasteiger partial charge in [0.15, 0.2) is 0 Å². The van der Waals surface area contributed by atoms with Crippen molar-refractivity contribution in [3.05, 3.63) is 0 Å². The maximum Gasteiger partial charge on any atom is 0.225 e. The first-order valence-corrected chi connectivity index (χ1v) is 6.80. The minimum absolute atomic E-state index is 0.383. The highest BCUT2D eigenvalue weighted by molar-refractivity contribution is 5.81. The van der Waals surface area contributed by atoms with Crippen molar-refractivity contribution >= 4 is 5.91 Å². The summed E-state index contributed by atoms with van der Waals surface area (Å²) in [5.41, 5.74) is 6.18. The molecule has 16 heavy (non-hydrogen) atoms. The van der Waals surface area contributed by atoms with E-state index in [-0.39, 0.29) is 0 Å². The van der Waals surface area contributed by atoms with E-state index < -0.39 is 0 Å². The SMILES string of the molecule is NC1CCCC2CN(C(=O)C3CC3)CCC12. The van der Waals surface area contributed by atoms with Gasteiger partial charge >= 0.3 is 0 Å². The van der Waals surface area contributed by atoms with Crippen LogP contribution in [0.3, 0.4) is 0 Å². The van der Waals surface area contributed by atoms with E-state index in [9.17, 15) is 4.79 Å². The second-order valence-corrected chi connectivity index (χ2v) is 5.87. The molecule has 0 aromatic carbocycles. The molecule has 3 nitrogen and oxygen atoms in total. The maximum atomic E-state index is 12.0. The molecular formula is C13H22N2O. The Kier molecular flexibility index (Phi) is 2.66. The normalized spacial score (nSPS) is 39.3. The van der Waals surface area contributed by atoms with E-state index in [0.29, 0.717) is 29.7 Å². The first-order valence-electron chi connectivity index (χ1n) is 6.80. The predicted octanol–water partition coefficient (Wildman–Crippen LogP) is 1.37. The van der Waals surface area contributed by atoms with Crippen LogP contribution < -0.4 is 5.73 Å². The summed E-state index contributed by atoms with van der Waals surface area (Å²) in [6.45, 7) is 1.96. The minimum Gasteiger partial charge on any atom is -0.342 e. The number of hydrogen-bond acceptors (Lipinski definition) is 2. The Morgan fingerprint density at radius 3 is 2.69 bits per heavy atom. The molecule has 3 aliphatic rings. The zero-order chi connectivity index (χ0) is 11.1. The van der Waals surface area contributed by atoms with Gasteiger partial charge in [0.2, 0.25) is 5.91 Å². The fraction of sp³-hybridized carbons (Fsp3) is 0.923. The van der Waals surface area contributed by atoms with Gasteiger partial charge in [-0.3, -0.25) is 4.79 Å². The summed E-state index contributed by atoms with van der Waals surface area (Å²) < 4.78 is 0. The third-order valence-electron chi connectivity index (χ3n) is 4.69. The molecule has 1 amide bonds. The average Bonchev–Trinajstić information content (AvgIpc) is 3.12. The molecular weight excluding hydrogens is 200 g/mol. The van der Waals surface area contributed by atoms with Gasteiger partial charge in [-0.15, -0.1) is 0 Å². The predicted molar refractivity (Wildman–Crippen MR) is 62.7 cm³/mol. The van der Waals surface area contributed by atoms with Gasteiger partial charge in [0.1, 0.15) is 0 Å². The first kappa shape index (κ1) is 10.6. The van der Waals surface area contributed by atoms with Gasteiger partial charge in [-0.2, -0.15) is 0 Å². The van der Waals surface area contributed by atoms with Gasteiger partial charge in [0, 0.05) is 25.0 Å². The van der Waals surface area contributed by atoms with Crippen LogP contribution in [-0.4, -0.2) is 29.9 Å². The molecule has 3 heteroatoms. The van der Waals surface area contributed by atoms with E-state index in [1.807, 2.05) is 0 Å². The smallest absolute Gasteiger partial charge is 0.225 e. The molecule has 3 unspecified atom stereocenters. The molecule has 3 fully saturated rings. The molecule has 2 aliphatic carbocycles. The number of nitrogens with two attached hydrogens (primary N) is 1. The van der Waals surface area contributed by atoms with Crippen molar-refractivity contribution in [3.8, 4) is 0 Å². The van der Waals surface area contributed by atoms with E-state index >= 15 is 0 Å². The molecule has 0 radical (unpaired) electrons. The topological polar surface area (TPSA) is 46.3 Å². The highest BCUT2D eigenvalue weighted by atomic mass is 16.2. The van der Waals surface area contributed by atoms with Crippen molar-refractivity contribution in [1.29, 1.82) is 0 Å². The van der Waals surface area contributed by atoms with Crippen LogP contribution in [-0.2, 0) is 4.79 Å². The third kappa shape index (κ3) is 1.86. The van der Waals surface area contributed by atoms with Crippen LogP contribution in [0.2, 0.25) is 0 Å². The van der Waals surface area contributed by atoms with Crippen LogP contribution in [0, 0.1) is 17.8 Å². The van der Waals surface area contributed by atoms with Gasteiger partial charge in [-0.1, -0.05) is 6.42 Å². The van der Waals surface area contributed by atoms with Crippen LogP contribution >= 0.6 is 0 Å². The lowest BCUT2D eigenvalue weighted by Crippen LogP contribution is -2.51. The summed E-state index contributed by atoms with van der Waals surface area (Å²) in [5.74, 6) is 2.20. The third-order valence-corrected chi connectivity index (χ3v) is 4.69. The Morgan fingerprint density at radius 2 is 1.94 bits per heavy atom. The summed E-state index contributed by atoms with van der Waals surface area (Å²) in [5, 5.41) is 0. The lowest BCUT2D eigenvalue weighted by Gasteiger charge is -2.44. The number of hydrogen-bond donors (Lipinski definition) is 1. The minimum atomic E-state index is 0.383. The molecule has 2 saturated carbocycles. The molecule has 1 aliphatic heterocycles. The van der Waals surface area contributed by atoms with Crippen LogP contribution in [0.25, 0.3) is 0 Å². The molecule has 0 spiro atoms. The largest absolute Gasteiger partial charge is 0.342 e. The van der Waals surface area contributed by atoms with Crippen molar-refractivity contribution in [2.45, 2.75) is 44.6 Å². The van der Waals surface area contributed by atoms with Gasteiger partial charge in [0.25, 0.3) is 0 Å². The Labute approximate surface area is 97.4 Å². The molecule has 0 aromatic heterocycles. The molecule has 0 bridgehead atoms. The van der Waals surface area contributed by atoms with Crippen molar-refractivity contribution in [3.63, 3.8) is 0 Å². The highest BCUT2D eigenvalue weighted by Gasteiger charge is 2.40. The molecule has 3 atom stereocenters. The Morgan fingerprint density at radius 1 is 1.12 bits per heavy atom. The first-order chi connectivity index (χ1) is 7.75. The number of fused-ring (bicyclic) bond motifs is 1. The second-order valence-electron chi connectivity index (χ2n) is 5.87. The zero-order valence-corrected chi connectivity index (χ0v) is 9.90. The lowest BCUT2D eigenvalue weighted by molar-refractivity contribution is -0.135. The number of nitrogens with zero attached hydrogens (tertiary/aromatic N) is 1. The molecule has 2 N–H and O–H groups in total. The Bertz CT molecular complexity index is 288. The standard InChI is InChI=1S/C13H22N2O/c14-12-3-1-2-10-8-15(7-6-11(10)12)13(16)9-4-5-9/h9-12H,1-8,14H2. The molecule has 0 aromatic rings. The summed E-state index contributed by atoms with van der Waals surface area (Å²) >= 11 is 0. The zero-order valence-electron chi connectivity index (χ0n) is 9.90. The van der Waals surface area contributed by atoms with Crippen molar-refractivity contribution in [2.75, 3.05) is 13.1 Å². The number of carbonyl (C=O) groups excluding carboxylic acids is 1. The second kappa shape index (κ2) is 4.02. The van der Waals surface area contributed by atoms with Crippen LogP contribution in [0.1, 0.15) is 38.5 Å². The molecule has 1 heterocycles. The fourth-order valence-corrected chi connectivity index (χ4v) is 3.54. The average molecular weight is 222 g/mol. The van der Waals surface area contributed by atoms with Gasteiger partial charge in [-0.05, 0) is 43.9 Å². The Balaban J connectivity index is 1.63. The fourth-order valence-electron chi connectivity index (χ4n) is 3.54. The monoisotopic (exact) mass is 222 g/mol. The maximum absolute atomic E-state index is 12.0. The van der Waals surface area contributed by atoms with Gasteiger partial charge in [0.05, 0.1) is 0 Å². The van der Waals surface area contributed by atoms with E-state index in [4.69, 9.17) is 5.73 Å². The Hall–Kier alpha value is -0.570.